The fourth-order valence-electron chi connectivity index (χ4n) is 5.31. The van der Waals surface area contributed by atoms with Gasteiger partial charge in [-0.2, -0.15) is 0 Å². The van der Waals surface area contributed by atoms with Crippen molar-refractivity contribution in [3.63, 3.8) is 0 Å². The third kappa shape index (κ3) is 4.94. The zero-order valence-corrected chi connectivity index (χ0v) is 22.0. The van der Waals surface area contributed by atoms with E-state index in [1.54, 1.807) is 36.7 Å². The van der Waals surface area contributed by atoms with Crippen molar-refractivity contribution in [2.75, 3.05) is 0 Å². The number of pyridine rings is 1. The van der Waals surface area contributed by atoms with E-state index in [9.17, 15) is 14.7 Å². The van der Waals surface area contributed by atoms with Gasteiger partial charge in [-0.3, -0.25) is 14.6 Å². The fraction of sp³-hybridized carbons (Fsp3) is 0.182. The van der Waals surface area contributed by atoms with E-state index < -0.39 is 17.7 Å². The molecule has 1 fully saturated rings. The maximum absolute atomic E-state index is 13.5. The molecule has 0 spiro atoms. The molecule has 1 saturated heterocycles. The highest BCUT2D eigenvalue weighted by Crippen LogP contribution is 2.42. The summed E-state index contributed by atoms with van der Waals surface area (Å²) in [6.07, 6.45) is 4.04. The first kappa shape index (κ1) is 25.4. The lowest BCUT2D eigenvalue weighted by atomic mass is 9.94. The van der Waals surface area contributed by atoms with Gasteiger partial charge in [-0.05, 0) is 71.6 Å². The normalized spacial score (nSPS) is 19.4. The number of hydrogen-bond acceptors (Lipinski definition) is 6. The van der Waals surface area contributed by atoms with Crippen molar-refractivity contribution in [3.8, 4) is 11.5 Å². The summed E-state index contributed by atoms with van der Waals surface area (Å²) in [5.74, 6) is -0.241. The Balaban J connectivity index is 1.41. The van der Waals surface area contributed by atoms with Gasteiger partial charge in [0.1, 0.15) is 30.0 Å². The van der Waals surface area contributed by atoms with Crippen LogP contribution in [0.4, 0.5) is 0 Å². The monoisotopic (exact) mass is 532 g/mol. The molecule has 6 rings (SSSR count). The van der Waals surface area contributed by atoms with Crippen LogP contribution in [0.3, 0.4) is 0 Å². The highest BCUT2D eigenvalue weighted by atomic mass is 16.5. The SMILES string of the molecule is C[C@H]1Cc2cc(/C(O)=C3\C(=O)C(=O)N(Cc4ccncc4)[C@H]3c3cccc(OCc4ccccc4)c3)ccc2O1. The number of ether oxygens (including phenoxy) is 2. The summed E-state index contributed by atoms with van der Waals surface area (Å²) < 4.78 is 11.9. The molecule has 2 aliphatic rings. The van der Waals surface area contributed by atoms with Gasteiger partial charge in [0.05, 0.1) is 11.6 Å². The molecule has 0 saturated carbocycles. The number of amides is 1. The third-order valence-corrected chi connectivity index (χ3v) is 7.23. The van der Waals surface area contributed by atoms with Crippen molar-refractivity contribution in [3.05, 3.63) is 131 Å². The maximum atomic E-state index is 13.5. The summed E-state index contributed by atoms with van der Waals surface area (Å²) >= 11 is 0. The van der Waals surface area contributed by atoms with E-state index in [1.807, 2.05) is 67.6 Å². The molecule has 0 radical (unpaired) electrons. The first-order valence-electron chi connectivity index (χ1n) is 13.2. The van der Waals surface area contributed by atoms with Crippen LogP contribution in [-0.2, 0) is 29.2 Å². The molecule has 1 aromatic heterocycles. The van der Waals surface area contributed by atoms with Gasteiger partial charge < -0.3 is 19.5 Å². The summed E-state index contributed by atoms with van der Waals surface area (Å²) in [7, 11) is 0. The number of carbonyl (C=O) groups is 2. The van der Waals surface area contributed by atoms with Crippen LogP contribution in [0.25, 0.3) is 5.76 Å². The molecule has 1 amide bonds. The Hall–Kier alpha value is -4.91. The molecular weight excluding hydrogens is 504 g/mol. The lowest BCUT2D eigenvalue weighted by Crippen LogP contribution is -2.29. The molecule has 7 heteroatoms. The Labute approximate surface area is 232 Å². The van der Waals surface area contributed by atoms with Gasteiger partial charge in [0.2, 0.25) is 0 Å². The van der Waals surface area contributed by atoms with E-state index in [4.69, 9.17) is 9.47 Å². The predicted octanol–water partition coefficient (Wildman–Crippen LogP) is 5.61. The highest BCUT2D eigenvalue weighted by Gasteiger charge is 2.46. The predicted molar refractivity (Wildman–Crippen MR) is 150 cm³/mol. The van der Waals surface area contributed by atoms with E-state index in [0.29, 0.717) is 29.9 Å². The Morgan fingerprint density at radius 1 is 0.975 bits per heavy atom. The molecule has 2 atom stereocenters. The van der Waals surface area contributed by atoms with Crippen LogP contribution in [0, 0.1) is 0 Å². The average molecular weight is 533 g/mol. The second-order valence-corrected chi connectivity index (χ2v) is 10.1. The number of fused-ring (bicyclic) bond motifs is 1. The fourth-order valence-corrected chi connectivity index (χ4v) is 5.31. The second-order valence-electron chi connectivity index (χ2n) is 10.1. The number of aliphatic hydroxyl groups excluding tert-OH is 1. The van der Waals surface area contributed by atoms with Crippen molar-refractivity contribution < 1.29 is 24.2 Å². The molecule has 1 N–H and O–H groups in total. The van der Waals surface area contributed by atoms with Gasteiger partial charge in [-0.1, -0.05) is 42.5 Å². The van der Waals surface area contributed by atoms with Crippen molar-refractivity contribution in [2.24, 2.45) is 0 Å². The zero-order chi connectivity index (χ0) is 27.6. The summed E-state index contributed by atoms with van der Waals surface area (Å²) in [4.78, 5) is 32.5. The Kier molecular flexibility index (Phi) is 6.78. The van der Waals surface area contributed by atoms with Gasteiger partial charge in [0.25, 0.3) is 11.7 Å². The van der Waals surface area contributed by atoms with Crippen LogP contribution >= 0.6 is 0 Å². The van der Waals surface area contributed by atoms with E-state index in [1.165, 1.54) is 4.90 Å². The molecule has 3 aromatic carbocycles. The number of carbonyl (C=O) groups excluding carboxylic acids is 2. The molecule has 7 nitrogen and oxygen atoms in total. The van der Waals surface area contributed by atoms with E-state index >= 15 is 0 Å². The topological polar surface area (TPSA) is 89.0 Å². The number of hydrogen-bond donors (Lipinski definition) is 1. The minimum atomic E-state index is -0.808. The van der Waals surface area contributed by atoms with Gasteiger partial charge in [-0.25, -0.2) is 0 Å². The molecule has 200 valence electrons. The van der Waals surface area contributed by atoms with Gasteiger partial charge in [0.15, 0.2) is 0 Å². The number of ketones is 1. The van der Waals surface area contributed by atoms with E-state index in [-0.39, 0.29) is 24.0 Å². The third-order valence-electron chi connectivity index (χ3n) is 7.23. The van der Waals surface area contributed by atoms with E-state index in [2.05, 4.69) is 4.98 Å². The Morgan fingerprint density at radius 3 is 2.58 bits per heavy atom. The van der Waals surface area contributed by atoms with Crippen LogP contribution < -0.4 is 9.47 Å². The smallest absolute Gasteiger partial charge is 0.295 e. The van der Waals surface area contributed by atoms with Gasteiger partial charge >= 0.3 is 0 Å². The second kappa shape index (κ2) is 10.7. The summed E-state index contributed by atoms with van der Waals surface area (Å²) in [5.41, 5.74) is 3.98. The average Bonchev–Trinajstić information content (AvgIpc) is 3.48. The quantitative estimate of drug-likeness (QED) is 0.189. The molecule has 3 heterocycles. The molecule has 40 heavy (non-hydrogen) atoms. The summed E-state index contributed by atoms with van der Waals surface area (Å²) in [5, 5.41) is 11.5. The van der Waals surface area contributed by atoms with Crippen LogP contribution in [0.15, 0.2) is 103 Å². The number of nitrogens with zero attached hydrogens (tertiary/aromatic N) is 2. The van der Waals surface area contributed by atoms with Crippen molar-refractivity contribution in [1.82, 2.24) is 9.88 Å². The van der Waals surface area contributed by atoms with Crippen molar-refractivity contribution in [1.29, 1.82) is 0 Å². The first-order chi connectivity index (χ1) is 19.5. The molecule has 0 bridgehead atoms. The molecule has 0 unspecified atom stereocenters. The number of rotatable bonds is 7. The number of aliphatic hydroxyl groups is 1. The molecule has 2 aliphatic heterocycles. The van der Waals surface area contributed by atoms with Crippen LogP contribution in [-0.4, -0.2) is 32.8 Å². The zero-order valence-electron chi connectivity index (χ0n) is 22.0. The van der Waals surface area contributed by atoms with Crippen LogP contribution in [0.2, 0.25) is 0 Å². The van der Waals surface area contributed by atoms with Gasteiger partial charge in [-0.15, -0.1) is 0 Å². The first-order valence-corrected chi connectivity index (χ1v) is 13.2. The number of benzene rings is 3. The molecular formula is C33H28N2O5. The van der Waals surface area contributed by atoms with E-state index in [0.717, 1.165) is 22.4 Å². The largest absolute Gasteiger partial charge is 0.507 e. The summed E-state index contributed by atoms with van der Waals surface area (Å²) in [6.45, 7) is 2.54. The standard InChI is InChI=1S/C33H28N2O5/c1-21-16-26-17-25(10-11-28(26)40-21)31(36)29-30(35(33(38)32(29)37)19-22-12-14-34-15-13-22)24-8-5-9-27(18-24)39-20-23-6-3-2-4-7-23/h2-15,17-18,21,30,36H,16,19-20H2,1H3/b31-29+/t21-,30-/m0/s1. The Bertz CT molecular complexity index is 1600. The minimum Gasteiger partial charge on any atom is -0.507 e. The lowest BCUT2D eigenvalue weighted by Gasteiger charge is -2.26. The Morgan fingerprint density at radius 2 is 1.77 bits per heavy atom. The number of Topliss-reactive ketones (excluding diaryl/α,β-unsaturated/α-hetero) is 1. The molecule has 0 aliphatic carbocycles. The lowest BCUT2D eigenvalue weighted by molar-refractivity contribution is -0.140. The van der Waals surface area contributed by atoms with Gasteiger partial charge in [0, 0.05) is 30.9 Å². The maximum Gasteiger partial charge on any atom is 0.295 e. The van der Waals surface area contributed by atoms with Crippen LogP contribution in [0.5, 0.6) is 11.5 Å². The van der Waals surface area contributed by atoms with Crippen molar-refractivity contribution >= 4 is 17.4 Å². The number of likely N-dealkylation sites (tertiary alicyclic amines) is 1. The number of aromatic nitrogens is 1. The minimum absolute atomic E-state index is 0.0389. The van der Waals surface area contributed by atoms with Crippen molar-refractivity contribution in [2.45, 2.75) is 38.6 Å². The molecule has 4 aromatic rings. The highest BCUT2D eigenvalue weighted by molar-refractivity contribution is 6.46. The van der Waals surface area contributed by atoms with Crippen LogP contribution in [0.1, 0.15) is 40.8 Å². The summed E-state index contributed by atoms with van der Waals surface area (Å²) in [6, 6.07) is 25.3.